The van der Waals surface area contributed by atoms with Gasteiger partial charge in [0.2, 0.25) is 0 Å². The maximum atomic E-state index is 6.12. The summed E-state index contributed by atoms with van der Waals surface area (Å²) in [6.07, 6.45) is 0. The van der Waals surface area contributed by atoms with Crippen LogP contribution in [0.5, 0.6) is 0 Å². The molecule has 0 fully saturated rings. The van der Waals surface area contributed by atoms with Gasteiger partial charge in [0, 0.05) is 22.0 Å². The van der Waals surface area contributed by atoms with Crippen LogP contribution in [0, 0.1) is 34.5 Å². The summed E-state index contributed by atoms with van der Waals surface area (Å²) in [6.45, 7) is 16.5. The fourth-order valence-corrected chi connectivity index (χ4v) is 2.26. The van der Waals surface area contributed by atoms with E-state index in [1.807, 2.05) is 74.5 Å². The molecule has 0 saturated carbocycles. The van der Waals surface area contributed by atoms with E-state index in [-0.39, 0.29) is 10.8 Å². The van der Waals surface area contributed by atoms with Crippen molar-refractivity contribution in [3.05, 3.63) is 71.8 Å². The highest BCUT2D eigenvalue weighted by atomic mass is 17.2. The van der Waals surface area contributed by atoms with E-state index in [2.05, 4.69) is 65.2 Å². The monoisotopic (exact) mass is 402 g/mol. The molecule has 2 heteroatoms. The van der Waals surface area contributed by atoms with Crippen molar-refractivity contribution in [3.8, 4) is 23.7 Å². The number of hydrogen-bond donors (Lipinski definition) is 0. The molecular formula is C28H34O2. The van der Waals surface area contributed by atoms with Crippen molar-refractivity contribution in [2.24, 2.45) is 10.8 Å². The Kier molecular flexibility index (Phi) is 7.20. The van der Waals surface area contributed by atoms with Gasteiger partial charge < -0.3 is 0 Å². The molecule has 2 rings (SSSR count). The summed E-state index contributed by atoms with van der Waals surface area (Å²) >= 11 is 0. The molecule has 0 aliphatic heterocycles. The molecule has 2 aromatic carbocycles. The first-order chi connectivity index (χ1) is 13.9. The zero-order valence-electron chi connectivity index (χ0n) is 19.6. The van der Waals surface area contributed by atoms with E-state index in [0.717, 1.165) is 11.1 Å². The van der Waals surface area contributed by atoms with Crippen molar-refractivity contribution in [2.75, 3.05) is 0 Å². The van der Waals surface area contributed by atoms with Gasteiger partial charge in [-0.15, -0.1) is 0 Å². The zero-order chi connectivity index (χ0) is 22.5. The second-order valence-corrected chi connectivity index (χ2v) is 9.97. The third kappa shape index (κ3) is 5.99. The van der Waals surface area contributed by atoms with Gasteiger partial charge in [-0.05, 0) is 38.1 Å². The van der Waals surface area contributed by atoms with Crippen molar-refractivity contribution in [1.29, 1.82) is 0 Å². The molecule has 158 valence electrons. The fraction of sp³-hybridized carbons (Fsp3) is 0.429. The second-order valence-electron chi connectivity index (χ2n) is 9.97. The minimum Gasteiger partial charge on any atom is -0.215 e. The SMILES string of the molecule is CC(C)(C)C(C)(C#Cc1ccccc1)OOC(C)(C#Cc1ccccc1)C(C)(C)C. The summed E-state index contributed by atoms with van der Waals surface area (Å²) in [5.74, 6) is 13.1. The summed E-state index contributed by atoms with van der Waals surface area (Å²) in [5, 5.41) is 0. The van der Waals surface area contributed by atoms with Crippen LogP contribution in [0.4, 0.5) is 0 Å². The maximum Gasteiger partial charge on any atom is 0.166 e. The molecule has 0 heterocycles. The predicted molar refractivity (Wildman–Crippen MR) is 125 cm³/mol. The van der Waals surface area contributed by atoms with Gasteiger partial charge in [0.05, 0.1) is 0 Å². The van der Waals surface area contributed by atoms with E-state index in [0.29, 0.717) is 0 Å². The Labute approximate surface area is 182 Å². The van der Waals surface area contributed by atoms with Gasteiger partial charge >= 0.3 is 0 Å². The lowest BCUT2D eigenvalue weighted by atomic mass is 9.77. The zero-order valence-corrected chi connectivity index (χ0v) is 19.6. The van der Waals surface area contributed by atoms with Crippen molar-refractivity contribution >= 4 is 0 Å². The quantitative estimate of drug-likeness (QED) is 0.325. The van der Waals surface area contributed by atoms with Gasteiger partial charge in [-0.1, -0.05) is 102 Å². The molecular weight excluding hydrogens is 368 g/mol. The van der Waals surface area contributed by atoms with Crippen molar-refractivity contribution < 1.29 is 9.78 Å². The topological polar surface area (TPSA) is 18.5 Å². The third-order valence-corrected chi connectivity index (χ3v) is 5.68. The molecule has 2 nitrogen and oxygen atoms in total. The van der Waals surface area contributed by atoms with Crippen molar-refractivity contribution in [2.45, 2.75) is 66.6 Å². The molecule has 2 aromatic rings. The Morgan fingerprint density at radius 2 is 0.800 bits per heavy atom. The summed E-state index contributed by atoms with van der Waals surface area (Å²) in [4.78, 5) is 12.2. The van der Waals surface area contributed by atoms with Gasteiger partial charge in [0.15, 0.2) is 11.2 Å². The lowest BCUT2D eigenvalue weighted by Crippen LogP contribution is -2.48. The molecule has 0 bridgehead atoms. The van der Waals surface area contributed by atoms with E-state index < -0.39 is 11.2 Å². The molecule has 0 radical (unpaired) electrons. The molecule has 0 aliphatic rings. The highest BCUT2D eigenvalue weighted by Gasteiger charge is 2.44. The summed E-state index contributed by atoms with van der Waals surface area (Å²) in [5.41, 5.74) is -0.327. The molecule has 2 atom stereocenters. The molecule has 30 heavy (non-hydrogen) atoms. The molecule has 0 N–H and O–H groups in total. The van der Waals surface area contributed by atoms with Crippen LogP contribution in [0.15, 0.2) is 60.7 Å². The van der Waals surface area contributed by atoms with Crippen molar-refractivity contribution in [3.63, 3.8) is 0 Å². The Bertz CT molecular complexity index is 859. The van der Waals surface area contributed by atoms with Crippen molar-refractivity contribution in [1.82, 2.24) is 0 Å². The van der Waals surface area contributed by atoms with Crippen LogP contribution in [0.1, 0.15) is 66.5 Å². The van der Waals surface area contributed by atoms with Crippen LogP contribution in [-0.4, -0.2) is 11.2 Å². The van der Waals surface area contributed by atoms with Crippen LogP contribution >= 0.6 is 0 Å². The van der Waals surface area contributed by atoms with E-state index in [4.69, 9.17) is 9.78 Å². The highest BCUT2D eigenvalue weighted by molar-refractivity contribution is 5.37. The minimum atomic E-state index is -0.830. The molecule has 0 spiro atoms. The summed E-state index contributed by atoms with van der Waals surface area (Å²) in [6, 6.07) is 19.8. The Morgan fingerprint density at radius 3 is 1.07 bits per heavy atom. The lowest BCUT2D eigenvalue weighted by Gasteiger charge is -2.41. The van der Waals surface area contributed by atoms with E-state index in [9.17, 15) is 0 Å². The van der Waals surface area contributed by atoms with Gasteiger partial charge in [-0.25, -0.2) is 9.78 Å². The first kappa shape index (κ1) is 23.8. The second kappa shape index (κ2) is 9.09. The van der Waals surface area contributed by atoms with Gasteiger partial charge in [-0.3, -0.25) is 0 Å². The van der Waals surface area contributed by atoms with E-state index >= 15 is 0 Å². The Balaban J connectivity index is 2.34. The van der Waals surface area contributed by atoms with Crippen LogP contribution in [0.2, 0.25) is 0 Å². The third-order valence-electron chi connectivity index (χ3n) is 5.68. The van der Waals surface area contributed by atoms with Gasteiger partial charge in [-0.2, -0.15) is 0 Å². The van der Waals surface area contributed by atoms with Gasteiger partial charge in [0.1, 0.15) is 0 Å². The largest absolute Gasteiger partial charge is 0.215 e. The smallest absolute Gasteiger partial charge is 0.166 e. The molecule has 0 saturated heterocycles. The first-order valence-corrected chi connectivity index (χ1v) is 10.4. The van der Waals surface area contributed by atoms with Crippen LogP contribution in [0.25, 0.3) is 0 Å². The number of benzene rings is 2. The highest BCUT2D eigenvalue weighted by Crippen LogP contribution is 2.39. The Hall–Kier alpha value is -2.52. The van der Waals surface area contributed by atoms with Crippen LogP contribution in [-0.2, 0) is 9.78 Å². The van der Waals surface area contributed by atoms with Gasteiger partial charge in [0.25, 0.3) is 0 Å². The molecule has 0 aromatic heterocycles. The number of hydrogen-bond acceptors (Lipinski definition) is 2. The molecule has 0 amide bonds. The first-order valence-electron chi connectivity index (χ1n) is 10.4. The summed E-state index contributed by atoms with van der Waals surface area (Å²) in [7, 11) is 0. The van der Waals surface area contributed by atoms with Crippen LogP contribution in [0.3, 0.4) is 0 Å². The summed E-state index contributed by atoms with van der Waals surface area (Å²) < 4.78 is 0. The Morgan fingerprint density at radius 1 is 0.500 bits per heavy atom. The fourth-order valence-electron chi connectivity index (χ4n) is 2.26. The standard InChI is InChI=1S/C28H34O2/c1-25(2,3)27(7,21-19-23-15-11-9-12-16-23)29-30-28(8,26(4,5)6)22-20-24-17-13-10-14-18-24/h9-18H,1-8H3. The molecule has 2 unspecified atom stereocenters. The minimum absolute atomic E-state index is 0.277. The normalized spacial score (nSPS) is 15.6. The lowest BCUT2D eigenvalue weighted by molar-refractivity contribution is -0.411. The van der Waals surface area contributed by atoms with Crippen LogP contribution < -0.4 is 0 Å². The predicted octanol–water partition coefficient (Wildman–Crippen LogP) is 6.65. The van der Waals surface area contributed by atoms with E-state index in [1.165, 1.54) is 0 Å². The molecule has 0 aliphatic carbocycles. The maximum absolute atomic E-state index is 6.12. The van der Waals surface area contributed by atoms with E-state index in [1.54, 1.807) is 0 Å². The average Bonchev–Trinajstić information content (AvgIpc) is 2.69. The average molecular weight is 403 g/mol. The number of rotatable bonds is 3.